The monoisotopic (exact) mass is 683 g/mol. The van der Waals surface area contributed by atoms with E-state index in [1.807, 2.05) is 19.1 Å². The SMILES string of the molecule is CCOC(=O)C1=C(C)N=c2sc(=Cc3cc(C)n(-c4ccc(I)cc4)c3C)c(=O)n2[C@@H]1c1ccc(OC)c(OC)c1. The number of aromatic nitrogens is 2. The van der Waals surface area contributed by atoms with Gasteiger partial charge < -0.3 is 18.8 Å². The Balaban J connectivity index is 1.70. The average Bonchev–Trinajstić information content (AvgIpc) is 3.41. The minimum Gasteiger partial charge on any atom is -0.493 e. The van der Waals surface area contributed by atoms with E-state index in [0.29, 0.717) is 37.7 Å². The number of carbonyl (C=O) groups is 1. The van der Waals surface area contributed by atoms with Gasteiger partial charge in [-0.15, -0.1) is 0 Å². The third kappa shape index (κ3) is 5.26. The number of aryl methyl sites for hydroxylation is 1. The third-order valence-electron chi connectivity index (χ3n) is 7.08. The van der Waals surface area contributed by atoms with Crippen molar-refractivity contribution in [2.24, 2.45) is 4.99 Å². The third-order valence-corrected chi connectivity index (χ3v) is 8.78. The Morgan fingerprint density at radius 2 is 1.76 bits per heavy atom. The van der Waals surface area contributed by atoms with Gasteiger partial charge in [0.25, 0.3) is 5.56 Å². The maximum Gasteiger partial charge on any atom is 0.338 e. The molecule has 0 N–H and O–H groups in total. The Hall–Kier alpha value is -3.64. The predicted molar refractivity (Wildman–Crippen MR) is 168 cm³/mol. The summed E-state index contributed by atoms with van der Waals surface area (Å²) in [6.07, 6.45) is 1.91. The molecule has 0 amide bonds. The van der Waals surface area contributed by atoms with E-state index in [0.717, 1.165) is 26.2 Å². The van der Waals surface area contributed by atoms with Crippen molar-refractivity contribution in [3.8, 4) is 17.2 Å². The zero-order valence-electron chi connectivity index (χ0n) is 23.6. The number of rotatable bonds is 7. The highest BCUT2D eigenvalue weighted by Gasteiger charge is 2.34. The summed E-state index contributed by atoms with van der Waals surface area (Å²) < 4.78 is 21.8. The fraction of sp³-hybridized carbons (Fsp3) is 0.258. The number of halogens is 1. The van der Waals surface area contributed by atoms with Crippen LogP contribution in [0.4, 0.5) is 0 Å². The molecule has 0 fully saturated rings. The van der Waals surface area contributed by atoms with Crippen molar-refractivity contribution in [1.82, 2.24) is 9.13 Å². The van der Waals surface area contributed by atoms with Crippen molar-refractivity contribution < 1.29 is 19.0 Å². The lowest BCUT2D eigenvalue weighted by atomic mass is 9.95. The first-order valence-corrected chi connectivity index (χ1v) is 14.9. The van der Waals surface area contributed by atoms with Crippen molar-refractivity contribution in [2.75, 3.05) is 20.8 Å². The summed E-state index contributed by atoms with van der Waals surface area (Å²) in [7, 11) is 3.11. The molecule has 1 atom stereocenters. The van der Waals surface area contributed by atoms with E-state index in [2.05, 4.69) is 69.4 Å². The molecule has 5 rings (SSSR count). The Morgan fingerprint density at radius 3 is 2.41 bits per heavy atom. The number of carbonyl (C=O) groups excluding carboxylic acids is 1. The van der Waals surface area contributed by atoms with E-state index in [-0.39, 0.29) is 12.2 Å². The van der Waals surface area contributed by atoms with Gasteiger partial charge in [-0.05, 0) is 110 Å². The molecule has 2 aromatic heterocycles. The molecule has 8 nitrogen and oxygen atoms in total. The maximum absolute atomic E-state index is 14.1. The maximum atomic E-state index is 14.1. The lowest BCUT2D eigenvalue weighted by Crippen LogP contribution is -2.40. The highest BCUT2D eigenvalue weighted by atomic mass is 127. The van der Waals surface area contributed by atoms with Crippen LogP contribution in [-0.2, 0) is 9.53 Å². The van der Waals surface area contributed by atoms with Gasteiger partial charge in [0.2, 0.25) is 0 Å². The quantitative estimate of drug-likeness (QED) is 0.206. The molecule has 1 aliphatic rings. The molecule has 0 radical (unpaired) electrons. The van der Waals surface area contributed by atoms with Crippen LogP contribution in [0, 0.1) is 17.4 Å². The molecule has 0 unspecified atom stereocenters. The van der Waals surface area contributed by atoms with Gasteiger partial charge in [-0.25, -0.2) is 9.79 Å². The molecule has 3 heterocycles. The second kappa shape index (κ2) is 11.7. The van der Waals surface area contributed by atoms with Crippen molar-refractivity contribution in [2.45, 2.75) is 33.7 Å². The number of thiazole rings is 1. The summed E-state index contributed by atoms with van der Waals surface area (Å²) in [5.74, 6) is 0.530. The summed E-state index contributed by atoms with van der Waals surface area (Å²) in [6.45, 7) is 7.82. The average molecular weight is 684 g/mol. The molecule has 2 aromatic carbocycles. The number of nitrogens with zero attached hydrogens (tertiary/aromatic N) is 3. The first kappa shape index (κ1) is 28.9. The van der Waals surface area contributed by atoms with Gasteiger partial charge in [-0.1, -0.05) is 17.4 Å². The first-order chi connectivity index (χ1) is 19.7. The summed E-state index contributed by atoms with van der Waals surface area (Å²) in [5.41, 5.74) is 5.36. The Kier molecular flexibility index (Phi) is 8.23. The Bertz CT molecular complexity index is 1860. The molecule has 0 aliphatic carbocycles. The topological polar surface area (TPSA) is 84.1 Å². The van der Waals surface area contributed by atoms with Crippen LogP contribution < -0.4 is 24.4 Å². The fourth-order valence-corrected chi connectivity index (χ4v) is 6.59. The summed E-state index contributed by atoms with van der Waals surface area (Å²) >= 11 is 3.59. The standard InChI is InChI=1S/C31H30IN3O5S/c1-7-40-30(37)27-18(3)33-31-35(28(27)20-8-13-24(38-5)25(15-20)39-6)29(36)26(41-31)16-21-14-17(2)34(19(21)4)23-11-9-22(32)10-12-23/h8-16,28H,7H2,1-6H3/t28-/m1/s1. The second-order valence-electron chi connectivity index (χ2n) is 9.55. The van der Waals surface area contributed by atoms with Gasteiger partial charge in [-0.3, -0.25) is 9.36 Å². The first-order valence-electron chi connectivity index (χ1n) is 13.0. The van der Waals surface area contributed by atoms with E-state index in [4.69, 9.17) is 14.2 Å². The number of methoxy groups -OCH3 is 2. The molecule has 1 aliphatic heterocycles. The molecule has 10 heteroatoms. The van der Waals surface area contributed by atoms with Crippen LogP contribution in [0.25, 0.3) is 11.8 Å². The molecule has 0 bridgehead atoms. The highest BCUT2D eigenvalue weighted by Crippen LogP contribution is 2.36. The van der Waals surface area contributed by atoms with E-state index in [1.54, 1.807) is 44.8 Å². The summed E-state index contributed by atoms with van der Waals surface area (Å²) in [4.78, 5) is 32.5. The molecule has 4 aromatic rings. The van der Waals surface area contributed by atoms with Crippen molar-refractivity contribution in [3.05, 3.63) is 106 Å². The molecular formula is C31H30IN3O5S. The van der Waals surface area contributed by atoms with Crippen molar-refractivity contribution in [3.63, 3.8) is 0 Å². The van der Waals surface area contributed by atoms with E-state index in [1.165, 1.54) is 11.3 Å². The van der Waals surface area contributed by atoms with Gasteiger partial charge in [0, 0.05) is 20.6 Å². The van der Waals surface area contributed by atoms with Crippen LogP contribution >= 0.6 is 33.9 Å². The molecular weight excluding hydrogens is 653 g/mol. The summed E-state index contributed by atoms with van der Waals surface area (Å²) in [5, 5.41) is 0. The van der Waals surface area contributed by atoms with Crippen LogP contribution in [0.1, 0.15) is 42.4 Å². The number of fused-ring (bicyclic) bond motifs is 1. The van der Waals surface area contributed by atoms with Crippen LogP contribution in [0.15, 0.2) is 69.6 Å². The highest BCUT2D eigenvalue weighted by molar-refractivity contribution is 14.1. The van der Waals surface area contributed by atoms with Crippen molar-refractivity contribution in [1.29, 1.82) is 0 Å². The largest absolute Gasteiger partial charge is 0.493 e. The number of allylic oxidation sites excluding steroid dienone is 1. The Morgan fingerprint density at radius 1 is 1.05 bits per heavy atom. The zero-order valence-corrected chi connectivity index (χ0v) is 26.6. The van der Waals surface area contributed by atoms with Gasteiger partial charge in [0.1, 0.15) is 0 Å². The number of benzene rings is 2. The van der Waals surface area contributed by atoms with Gasteiger partial charge in [0.05, 0.1) is 42.7 Å². The van der Waals surface area contributed by atoms with E-state index < -0.39 is 12.0 Å². The van der Waals surface area contributed by atoms with Gasteiger partial charge in [-0.2, -0.15) is 0 Å². The number of ether oxygens (including phenoxy) is 3. The van der Waals surface area contributed by atoms with Crippen molar-refractivity contribution >= 4 is 46.0 Å². The predicted octanol–water partition coefficient (Wildman–Crippen LogP) is 4.83. The van der Waals surface area contributed by atoms with E-state index in [9.17, 15) is 9.59 Å². The Labute approximate surface area is 255 Å². The molecule has 41 heavy (non-hydrogen) atoms. The fourth-order valence-electron chi connectivity index (χ4n) is 5.19. The molecule has 0 saturated carbocycles. The number of hydrogen-bond acceptors (Lipinski definition) is 7. The van der Waals surface area contributed by atoms with Gasteiger partial charge >= 0.3 is 5.97 Å². The normalized spacial score (nSPS) is 15.0. The zero-order chi connectivity index (χ0) is 29.4. The van der Waals surface area contributed by atoms with Crippen LogP contribution in [0.5, 0.6) is 11.5 Å². The van der Waals surface area contributed by atoms with E-state index >= 15 is 0 Å². The van der Waals surface area contributed by atoms with Crippen LogP contribution in [0.3, 0.4) is 0 Å². The minimum absolute atomic E-state index is 0.203. The number of hydrogen-bond donors (Lipinski definition) is 0. The van der Waals surface area contributed by atoms with Gasteiger partial charge in [0.15, 0.2) is 16.3 Å². The molecule has 0 saturated heterocycles. The molecule has 212 valence electrons. The number of esters is 1. The van der Waals surface area contributed by atoms with Crippen LogP contribution in [-0.4, -0.2) is 35.9 Å². The van der Waals surface area contributed by atoms with Crippen LogP contribution in [0.2, 0.25) is 0 Å². The minimum atomic E-state index is -0.744. The summed E-state index contributed by atoms with van der Waals surface area (Å²) in [6, 6.07) is 15.0. The second-order valence-corrected chi connectivity index (χ2v) is 11.8. The lowest BCUT2D eigenvalue weighted by Gasteiger charge is -2.25. The molecule has 0 spiro atoms. The smallest absolute Gasteiger partial charge is 0.338 e. The lowest BCUT2D eigenvalue weighted by molar-refractivity contribution is -0.139.